The van der Waals surface area contributed by atoms with Gasteiger partial charge >= 0.3 is 6.18 Å². The molecule has 0 amide bonds. The Balaban J connectivity index is 2.39. The van der Waals surface area contributed by atoms with Crippen molar-refractivity contribution >= 4 is 0 Å². The number of nitrogens with one attached hydrogen (secondary N) is 1. The number of hydrogen-bond donors (Lipinski definition) is 1. The lowest BCUT2D eigenvalue weighted by molar-refractivity contribution is -0.139. The number of benzene rings is 1. The standard InChI is InChI=1S/C17H25F3N2O/c1-3-4-5-16(22-10-8-21-9-11-22)14-7-6-13(23-2)12-15(14)17(18,19)20/h6-7,12,16,21H,3-5,8-11H2,1-2H3/t16-/m1/s1. The van der Waals surface area contributed by atoms with E-state index >= 15 is 0 Å². The molecule has 0 aromatic heterocycles. The second-order valence-electron chi connectivity index (χ2n) is 5.89. The van der Waals surface area contributed by atoms with E-state index in [9.17, 15) is 13.2 Å². The normalized spacial score (nSPS) is 18.0. The molecule has 1 fully saturated rings. The van der Waals surface area contributed by atoms with Crippen molar-refractivity contribution in [1.29, 1.82) is 0 Å². The zero-order chi connectivity index (χ0) is 16.9. The van der Waals surface area contributed by atoms with Gasteiger partial charge in [0.25, 0.3) is 0 Å². The highest BCUT2D eigenvalue weighted by Crippen LogP contribution is 2.40. The van der Waals surface area contributed by atoms with Crippen LogP contribution in [0, 0.1) is 0 Å². The smallest absolute Gasteiger partial charge is 0.416 e. The Kier molecular flexibility index (Phi) is 6.30. The topological polar surface area (TPSA) is 24.5 Å². The van der Waals surface area contributed by atoms with Gasteiger partial charge < -0.3 is 10.1 Å². The number of nitrogens with zero attached hydrogens (tertiary/aromatic N) is 1. The van der Waals surface area contributed by atoms with Gasteiger partial charge in [-0.1, -0.05) is 25.8 Å². The molecule has 1 aromatic rings. The molecule has 0 radical (unpaired) electrons. The first kappa shape index (κ1) is 18.1. The molecule has 6 heteroatoms. The Morgan fingerprint density at radius 1 is 1.26 bits per heavy atom. The monoisotopic (exact) mass is 330 g/mol. The molecule has 0 saturated carbocycles. The summed E-state index contributed by atoms with van der Waals surface area (Å²) in [5.41, 5.74) is -0.204. The molecule has 1 saturated heterocycles. The van der Waals surface area contributed by atoms with Crippen LogP contribution in [0.1, 0.15) is 43.4 Å². The maximum absolute atomic E-state index is 13.5. The fraction of sp³-hybridized carbons (Fsp3) is 0.647. The zero-order valence-corrected chi connectivity index (χ0v) is 13.7. The van der Waals surface area contributed by atoms with Gasteiger partial charge in [-0.2, -0.15) is 13.2 Å². The van der Waals surface area contributed by atoms with E-state index in [4.69, 9.17) is 4.74 Å². The number of rotatable bonds is 6. The van der Waals surface area contributed by atoms with Crippen molar-refractivity contribution < 1.29 is 17.9 Å². The summed E-state index contributed by atoms with van der Waals surface area (Å²) in [5.74, 6) is 0.246. The summed E-state index contributed by atoms with van der Waals surface area (Å²) in [5, 5.41) is 3.26. The maximum Gasteiger partial charge on any atom is 0.416 e. The summed E-state index contributed by atoms with van der Waals surface area (Å²) in [7, 11) is 1.39. The second-order valence-corrected chi connectivity index (χ2v) is 5.89. The van der Waals surface area contributed by atoms with Crippen molar-refractivity contribution in [2.45, 2.75) is 38.4 Å². The third-order valence-corrected chi connectivity index (χ3v) is 4.35. The van der Waals surface area contributed by atoms with Gasteiger partial charge in [-0.25, -0.2) is 0 Å². The molecule has 1 atom stereocenters. The molecule has 0 aliphatic carbocycles. The molecule has 130 valence electrons. The molecule has 1 heterocycles. The van der Waals surface area contributed by atoms with Crippen molar-refractivity contribution in [2.75, 3.05) is 33.3 Å². The molecule has 0 bridgehead atoms. The van der Waals surface area contributed by atoms with Crippen LogP contribution in [0.4, 0.5) is 13.2 Å². The average molecular weight is 330 g/mol. The SMILES string of the molecule is CCCC[C@H](c1ccc(OC)cc1C(F)(F)F)N1CCNCC1. The fourth-order valence-electron chi connectivity index (χ4n) is 3.12. The van der Waals surface area contributed by atoms with E-state index in [2.05, 4.69) is 17.1 Å². The zero-order valence-electron chi connectivity index (χ0n) is 13.7. The number of unbranched alkanes of at least 4 members (excludes halogenated alkanes) is 1. The van der Waals surface area contributed by atoms with Crippen molar-refractivity contribution in [3.63, 3.8) is 0 Å². The third-order valence-electron chi connectivity index (χ3n) is 4.35. The first-order chi connectivity index (χ1) is 11.0. The van der Waals surface area contributed by atoms with E-state index in [-0.39, 0.29) is 11.8 Å². The summed E-state index contributed by atoms with van der Waals surface area (Å²) in [6.45, 7) is 5.25. The van der Waals surface area contributed by atoms with Crippen molar-refractivity contribution in [3.05, 3.63) is 29.3 Å². The second kappa shape index (κ2) is 8.02. The first-order valence-electron chi connectivity index (χ1n) is 8.17. The van der Waals surface area contributed by atoms with Crippen LogP contribution < -0.4 is 10.1 Å². The Bertz CT molecular complexity index is 499. The lowest BCUT2D eigenvalue weighted by Gasteiger charge is -2.36. The summed E-state index contributed by atoms with van der Waals surface area (Å²) >= 11 is 0. The highest BCUT2D eigenvalue weighted by atomic mass is 19.4. The van der Waals surface area contributed by atoms with Gasteiger partial charge in [-0.3, -0.25) is 4.90 Å². The fourth-order valence-corrected chi connectivity index (χ4v) is 3.12. The molecule has 1 N–H and O–H groups in total. The van der Waals surface area contributed by atoms with Crippen LogP contribution in [0.5, 0.6) is 5.75 Å². The number of methoxy groups -OCH3 is 1. The minimum absolute atomic E-state index is 0.195. The van der Waals surface area contributed by atoms with E-state index in [1.54, 1.807) is 12.1 Å². The number of ether oxygens (including phenoxy) is 1. The minimum atomic E-state index is -4.37. The van der Waals surface area contributed by atoms with Gasteiger partial charge in [0, 0.05) is 32.2 Å². The van der Waals surface area contributed by atoms with Crippen LogP contribution in [0.2, 0.25) is 0 Å². The molecule has 1 aliphatic heterocycles. The van der Waals surface area contributed by atoms with Crippen LogP contribution in [0.25, 0.3) is 0 Å². The lowest BCUT2D eigenvalue weighted by atomic mass is 9.93. The molecular formula is C17H25F3N2O. The van der Waals surface area contributed by atoms with Gasteiger partial charge in [-0.05, 0) is 24.1 Å². The van der Waals surface area contributed by atoms with Crippen LogP contribution in [-0.4, -0.2) is 38.2 Å². The number of halogens is 3. The number of piperazine rings is 1. The third kappa shape index (κ3) is 4.61. The van der Waals surface area contributed by atoms with Crippen molar-refractivity contribution in [1.82, 2.24) is 10.2 Å². The van der Waals surface area contributed by atoms with Crippen LogP contribution in [0.15, 0.2) is 18.2 Å². The van der Waals surface area contributed by atoms with E-state index in [1.807, 2.05) is 0 Å². The molecule has 3 nitrogen and oxygen atoms in total. The van der Waals surface area contributed by atoms with E-state index in [0.29, 0.717) is 5.56 Å². The Hall–Kier alpha value is -1.27. The van der Waals surface area contributed by atoms with Gasteiger partial charge in [0.15, 0.2) is 0 Å². The minimum Gasteiger partial charge on any atom is -0.497 e. The van der Waals surface area contributed by atoms with Gasteiger partial charge in [-0.15, -0.1) is 0 Å². The van der Waals surface area contributed by atoms with Crippen molar-refractivity contribution in [3.8, 4) is 5.75 Å². The van der Waals surface area contributed by atoms with E-state index in [0.717, 1.165) is 51.5 Å². The summed E-state index contributed by atoms with van der Waals surface area (Å²) in [4.78, 5) is 2.17. The van der Waals surface area contributed by atoms with E-state index in [1.165, 1.54) is 7.11 Å². The van der Waals surface area contributed by atoms with Gasteiger partial charge in [0.2, 0.25) is 0 Å². The van der Waals surface area contributed by atoms with Gasteiger partial charge in [0.1, 0.15) is 5.75 Å². The Labute approximate surface area is 135 Å². The molecule has 0 unspecified atom stereocenters. The van der Waals surface area contributed by atoms with E-state index < -0.39 is 11.7 Å². The van der Waals surface area contributed by atoms with Crippen LogP contribution >= 0.6 is 0 Å². The summed E-state index contributed by atoms with van der Waals surface area (Å²) in [6.07, 6.45) is -1.74. The highest BCUT2D eigenvalue weighted by molar-refractivity contribution is 5.39. The van der Waals surface area contributed by atoms with Gasteiger partial charge in [0.05, 0.1) is 12.7 Å². The molecule has 0 spiro atoms. The molecule has 23 heavy (non-hydrogen) atoms. The predicted molar refractivity (Wildman–Crippen MR) is 84.7 cm³/mol. The summed E-state index contributed by atoms with van der Waals surface area (Å²) in [6, 6.07) is 4.14. The number of alkyl halides is 3. The predicted octanol–water partition coefficient (Wildman–Crippen LogP) is 3.85. The van der Waals surface area contributed by atoms with Crippen molar-refractivity contribution in [2.24, 2.45) is 0 Å². The first-order valence-corrected chi connectivity index (χ1v) is 8.17. The summed E-state index contributed by atoms with van der Waals surface area (Å²) < 4.78 is 45.6. The maximum atomic E-state index is 13.5. The molecular weight excluding hydrogens is 305 g/mol. The largest absolute Gasteiger partial charge is 0.497 e. The quantitative estimate of drug-likeness (QED) is 0.857. The van der Waals surface area contributed by atoms with Crippen LogP contribution in [-0.2, 0) is 6.18 Å². The Morgan fingerprint density at radius 3 is 2.52 bits per heavy atom. The van der Waals surface area contributed by atoms with Crippen LogP contribution in [0.3, 0.4) is 0 Å². The average Bonchev–Trinajstić information content (AvgIpc) is 2.55. The lowest BCUT2D eigenvalue weighted by Crippen LogP contribution is -2.45. The molecule has 2 rings (SSSR count). The number of hydrogen-bond acceptors (Lipinski definition) is 3. The molecule has 1 aliphatic rings. The molecule has 1 aromatic carbocycles. The highest BCUT2D eigenvalue weighted by Gasteiger charge is 2.37. The Morgan fingerprint density at radius 2 is 1.96 bits per heavy atom.